The molecular weight excluding hydrogens is 404 g/mol. The van der Waals surface area contributed by atoms with Crippen molar-refractivity contribution in [1.82, 2.24) is 4.90 Å². The lowest BCUT2D eigenvalue weighted by molar-refractivity contribution is -0.147. The molecule has 0 bridgehead atoms. The zero-order chi connectivity index (χ0) is 23.1. The maximum absolute atomic E-state index is 13.7. The number of rotatable bonds is 6. The van der Waals surface area contributed by atoms with Crippen LogP contribution in [0, 0.1) is 34.0 Å². The van der Waals surface area contributed by atoms with E-state index < -0.39 is 40.4 Å². The summed E-state index contributed by atoms with van der Waals surface area (Å²) in [5.41, 5.74) is 4.39. The van der Waals surface area contributed by atoms with Gasteiger partial charge in [0.25, 0.3) is 0 Å². The number of nitrogens with zero attached hydrogens (tertiary/aromatic N) is 2. The Morgan fingerprint density at radius 1 is 1.13 bits per heavy atom. The van der Waals surface area contributed by atoms with E-state index in [1.54, 1.807) is 11.8 Å². The highest BCUT2D eigenvalue weighted by Crippen LogP contribution is 2.53. The highest BCUT2D eigenvalue weighted by Gasteiger charge is 2.58. The smallest absolute Gasteiger partial charge is 0.307 e. The van der Waals surface area contributed by atoms with Gasteiger partial charge in [-0.1, -0.05) is 32.9 Å². The summed E-state index contributed by atoms with van der Waals surface area (Å²) in [7, 11) is 0. The Kier molecular flexibility index (Phi) is 6.30. The number of piperidine rings is 1. The van der Waals surface area contributed by atoms with Gasteiger partial charge in [-0.15, -0.1) is 0 Å². The molecule has 0 aromatic carbocycles. The number of halogens is 2. The molecule has 4 unspecified atom stereocenters. The van der Waals surface area contributed by atoms with Gasteiger partial charge in [-0.05, 0) is 44.4 Å². The van der Waals surface area contributed by atoms with Gasteiger partial charge in [0.05, 0.1) is 23.9 Å². The Balaban J connectivity index is 0.000000196. The molecule has 0 aromatic rings. The summed E-state index contributed by atoms with van der Waals surface area (Å²) in [6.07, 6.45) is 5.87. The first kappa shape index (κ1) is 23.4. The molecule has 0 aromatic heterocycles. The number of hydrogen-bond acceptors (Lipinski definition) is 4. The second kappa shape index (κ2) is 8.34. The summed E-state index contributed by atoms with van der Waals surface area (Å²) in [5.74, 6) is -2.36. The van der Waals surface area contributed by atoms with Crippen molar-refractivity contribution in [1.29, 1.82) is 5.26 Å². The van der Waals surface area contributed by atoms with E-state index in [1.165, 1.54) is 0 Å². The molecular formula is C23H31F2N3O3. The van der Waals surface area contributed by atoms with E-state index in [-0.39, 0.29) is 18.0 Å². The van der Waals surface area contributed by atoms with Gasteiger partial charge in [0.2, 0.25) is 5.91 Å². The zero-order valence-corrected chi connectivity index (χ0v) is 17.9. The number of likely N-dealkylation sites (tertiary alicyclic amines) is 1. The lowest BCUT2D eigenvalue weighted by atomic mass is 9.61. The quantitative estimate of drug-likeness (QED) is 0.659. The molecule has 1 heterocycles. The Bertz CT molecular complexity index is 828. The van der Waals surface area contributed by atoms with E-state index in [9.17, 15) is 18.4 Å². The van der Waals surface area contributed by atoms with Crippen molar-refractivity contribution >= 4 is 11.9 Å². The summed E-state index contributed by atoms with van der Waals surface area (Å²) in [4.78, 5) is 24.8. The Labute approximate surface area is 181 Å². The van der Waals surface area contributed by atoms with E-state index in [2.05, 4.69) is 19.2 Å². The first-order valence-electron chi connectivity index (χ1n) is 10.9. The van der Waals surface area contributed by atoms with Crippen molar-refractivity contribution in [3.05, 3.63) is 24.8 Å². The fourth-order valence-electron chi connectivity index (χ4n) is 5.33. The topological polar surface area (TPSA) is 107 Å². The van der Waals surface area contributed by atoms with Crippen LogP contribution in [0.3, 0.4) is 0 Å². The molecule has 1 aliphatic heterocycles. The molecule has 3 aliphatic carbocycles. The van der Waals surface area contributed by atoms with Gasteiger partial charge in [0, 0.05) is 16.9 Å². The van der Waals surface area contributed by atoms with E-state index in [4.69, 9.17) is 16.1 Å². The van der Waals surface area contributed by atoms with Crippen molar-refractivity contribution in [2.24, 2.45) is 28.4 Å². The number of carboxylic acid groups (broad SMARTS) is 1. The molecule has 4 aliphatic rings. The van der Waals surface area contributed by atoms with Crippen molar-refractivity contribution in [2.45, 2.75) is 76.4 Å². The van der Waals surface area contributed by atoms with Gasteiger partial charge in [0.1, 0.15) is 11.9 Å². The normalized spacial score (nSPS) is 30.7. The second-order valence-corrected chi connectivity index (χ2v) is 9.56. The molecule has 4 rings (SSSR count). The van der Waals surface area contributed by atoms with Gasteiger partial charge >= 0.3 is 5.97 Å². The number of nitriles is 1. The first-order valence-corrected chi connectivity index (χ1v) is 10.9. The SMILES string of the molecule is C=C(F)C1(C(C)C(=O)O)CCC1.C=C(F)C1([C@H](N)C(=O)N2C(C#N)CC3CC32)CCC1. The van der Waals surface area contributed by atoms with Crippen LogP contribution in [0.2, 0.25) is 0 Å². The summed E-state index contributed by atoms with van der Waals surface area (Å²) in [5, 5.41) is 17.8. The Morgan fingerprint density at radius 2 is 1.65 bits per heavy atom. The lowest BCUT2D eigenvalue weighted by Gasteiger charge is -2.45. The summed E-state index contributed by atoms with van der Waals surface area (Å²) >= 11 is 0. The summed E-state index contributed by atoms with van der Waals surface area (Å²) < 4.78 is 26.6. The number of nitrogens with two attached hydrogens (primary N) is 1. The summed E-state index contributed by atoms with van der Waals surface area (Å²) in [6.45, 7) is 8.14. The molecule has 5 atom stereocenters. The fourth-order valence-corrected chi connectivity index (χ4v) is 5.33. The number of carbonyl (C=O) groups is 2. The number of carbonyl (C=O) groups excluding carboxylic acids is 1. The van der Waals surface area contributed by atoms with Gasteiger partial charge in [-0.2, -0.15) is 5.26 Å². The van der Waals surface area contributed by atoms with E-state index in [0.717, 1.165) is 25.7 Å². The maximum atomic E-state index is 13.7. The molecule has 1 amide bonds. The van der Waals surface area contributed by atoms with E-state index in [1.807, 2.05) is 0 Å². The van der Waals surface area contributed by atoms with Gasteiger partial charge in [0.15, 0.2) is 0 Å². The molecule has 170 valence electrons. The number of amides is 1. The number of aliphatic carboxylic acids is 1. The van der Waals surface area contributed by atoms with E-state index >= 15 is 0 Å². The van der Waals surface area contributed by atoms with Crippen LogP contribution in [-0.2, 0) is 9.59 Å². The number of hydrogen-bond donors (Lipinski definition) is 2. The molecule has 3 saturated carbocycles. The lowest BCUT2D eigenvalue weighted by Crippen LogP contribution is -2.57. The highest BCUT2D eigenvalue weighted by atomic mass is 19.1. The second-order valence-electron chi connectivity index (χ2n) is 9.56. The first-order chi connectivity index (χ1) is 14.5. The molecule has 31 heavy (non-hydrogen) atoms. The third-order valence-electron chi connectivity index (χ3n) is 8.14. The molecule has 0 spiro atoms. The van der Waals surface area contributed by atoms with Crippen LogP contribution < -0.4 is 5.73 Å². The highest BCUT2D eigenvalue weighted by molar-refractivity contribution is 5.85. The van der Waals surface area contributed by atoms with Crippen LogP contribution in [0.25, 0.3) is 0 Å². The standard InChI is InChI=1S/C14H18FN3O.C9H13FO2/c1-8(15)14(3-2-4-14)12(17)13(19)18-10(7-16)5-9-6-11(9)18;1-6(8(11)12)9(7(2)10)4-3-5-9/h9-12H,1-6,17H2;6H,2-5H2,1H3,(H,11,12)/t9?,10?,11?,12-;/m1./s1. The Hall–Kier alpha value is -2.27. The average Bonchev–Trinajstić information content (AvgIpc) is 3.29. The minimum atomic E-state index is -0.937. The number of fused-ring (bicyclic) bond motifs is 1. The minimum absolute atomic E-state index is 0.160. The number of allylic oxidation sites excluding steroid dienone is 1. The Morgan fingerprint density at radius 3 is 1.97 bits per heavy atom. The largest absolute Gasteiger partial charge is 0.481 e. The third kappa shape index (κ3) is 3.78. The van der Waals surface area contributed by atoms with Crippen LogP contribution in [0.15, 0.2) is 24.8 Å². The van der Waals surface area contributed by atoms with E-state index in [0.29, 0.717) is 31.6 Å². The van der Waals surface area contributed by atoms with Crippen molar-refractivity contribution < 1.29 is 23.5 Å². The molecule has 0 radical (unpaired) electrons. The predicted octanol–water partition coefficient (Wildman–Crippen LogP) is 3.84. The van der Waals surface area contributed by atoms with Crippen LogP contribution in [-0.4, -0.2) is 40.0 Å². The van der Waals surface area contributed by atoms with Crippen LogP contribution >= 0.6 is 0 Å². The van der Waals surface area contributed by atoms with Gasteiger partial charge in [-0.3, -0.25) is 9.59 Å². The fraction of sp³-hybridized carbons (Fsp3) is 0.696. The molecule has 6 nitrogen and oxygen atoms in total. The zero-order valence-electron chi connectivity index (χ0n) is 17.9. The van der Waals surface area contributed by atoms with Gasteiger partial charge in [-0.25, -0.2) is 8.78 Å². The van der Waals surface area contributed by atoms with Crippen molar-refractivity contribution in [2.75, 3.05) is 0 Å². The average molecular weight is 436 g/mol. The number of carboxylic acids is 1. The van der Waals surface area contributed by atoms with Gasteiger partial charge < -0.3 is 15.7 Å². The molecule has 3 N–H and O–H groups in total. The predicted molar refractivity (Wildman–Crippen MR) is 111 cm³/mol. The monoisotopic (exact) mass is 435 g/mol. The molecule has 4 fully saturated rings. The minimum Gasteiger partial charge on any atom is -0.481 e. The summed E-state index contributed by atoms with van der Waals surface area (Å²) in [6, 6.07) is 1.04. The van der Waals surface area contributed by atoms with Crippen LogP contribution in [0.1, 0.15) is 58.3 Å². The third-order valence-corrected chi connectivity index (χ3v) is 8.14. The van der Waals surface area contributed by atoms with Crippen molar-refractivity contribution in [3.8, 4) is 6.07 Å². The maximum Gasteiger partial charge on any atom is 0.307 e. The van der Waals surface area contributed by atoms with Crippen LogP contribution in [0.4, 0.5) is 8.78 Å². The molecule has 8 heteroatoms. The van der Waals surface area contributed by atoms with Crippen molar-refractivity contribution in [3.63, 3.8) is 0 Å². The molecule has 1 saturated heterocycles. The van der Waals surface area contributed by atoms with Crippen LogP contribution in [0.5, 0.6) is 0 Å².